The van der Waals surface area contributed by atoms with Crippen LogP contribution < -0.4 is 14.4 Å². The fourth-order valence-electron chi connectivity index (χ4n) is 3.15. The maximum atomic E-state index is 12.9. The van der Waals surface area contributed by atoms with Gasteiger partial charge in [-0.1, -0.05) is 18.2 Å². The van der Waals surface area contributed by atoms with Crippen molar-refractivity contribution in [2.75, 3.05) is 19.1 Å². The Hall–Kier alpha value is -3.34. The van der Waals surface area contributed by atoms with E-state index in [1.165, 1.54) is 4.90 Å². The topological polar surface area (TPSA) is 55.8 Å². The minimum atomic E-state index is -0.346. The van der Waals surface area contributed by atoms with Crippen LogP contribution in [0.5, 0.6) is 11.5 Å². The van der Waals surface area contributed by atoms with Gasteiger partial charge in [0, 0.05) is 11.5 Å². The summed E-state index contributed by atoms with van der Waals surface area (Å²) >= 11 is 0. The molecule has 0 saturated heterocycles. The number of benzene rings is 3. The third-order valence-electron chi connectivity index (χ3n) is 4.38. The van der Waals surface area contributed by atoms with Gasteiger partial charge in [0.2, 0.25) is 0 Å². The number of rotatable bonds is 3. The van der Waals surface area contributed by atoms with Crippen LogP contribution in [0.4, 0.5) is 5.69 Å². The highest BCUT2D eigenvalue weighted by atomic mass is 16.5. The first kappa shape index (κ1) is 15.2. The lowest BCUT2D eigenvalue weighted by Crippen LogP contribution is -2.29. The van der Waals surface area contributed by atoms with Crippen molar-refractivity contribution in [3.05, 3.63) is 65.7 Å². The summed E-state index contributed by atoms with van der Waals surface area (Å²) in [4.78, 5) is 26.9. The fourth-order valence-corrected chi connectivity index (χ4v) is 3.15. The number of anilines is 1. The van der Waals surface area contributed by atoms with Crippen molar-refractivity contribution in [3.63, 3.8) is 0 Å². The molecule has 0 spiro atoms. The monoisotopic (exact) mass is 333 g/mol. The van der Waals surface area contributed by atoms with Gasteiger partial charge in [0.05, 0.1) is 31.0 Å². The molecule has 1 aliphatic rings. The van der Waals surface area contributed by atoms with Gasteiger partial charge >= 0.3 is 0 Å². The fraction of sp³-hybridized carbons (Fsp3) is 0.100. The van der Waals surface area contributed by atoms with Crippen LogP contribution in [0.1, 0.15) is 20.7 Å². The van der Waals surface area contributed by atoms with Gasteiger partial charge in [-0.2, -0.15) is 0 Å². The summed E-state index contributed by atoms with van der Waals surface area (Å²) in [5.41, 5.74) is 1.26. The molecule has 0 N–H and O–H groups in total. The Morgan fingerprint density at radius 3 is 2.24 bits per heavy atom. The summed E-state index contributed by atoms with van der Waals surface area (Å²) in [7, 11) is 3.12. The normalized spacial score (nSPS) is 13.3. The molecule has 124 valence electrons. The summed E-state index contributed by atoms with van der Waals surface area (Å²) < 4.78 is 10.6. The number of hydrogen-bond donors (Lipinski definition) is 0. The second-order valence-electron chi connectivity index (χ2n) is 5.73. The zero-order chi connectivity index (χ0) is 17.6. The Morgan fingerprint density at radius 2 is 1.52 bits per heavy atom. The Bertz CT molecular complexity index is 1030. The first-order valence-electron chi connectivity index (χ1n) is 7.77. The molecule has 0 aliphatic carbocycles. The van der Waals surface area contributed by atoms with Gasteiger partial charge in [-0.25, -0.2) is 4.90 Å². The third kappa shape index (κ3) is 2.24. The first-order chi connectivity index (χ1) is 12.1. The van der Waals surface area contributed by atoms with Crippen LogP contribution in [-0.2, 0) is 0 Å². The van der Waals surface area contributed by atoms with Crippen molar-refractivity contribution < 1.29 is 19.1 Å². The van der Waals surface area contributed by atoms with E-state index in [9.17, 15) is 9.59 Å². The number of imide groups is 1. The van der Waals surface area contributed by atoms with Crippen molar-refractivity contribution >= 4 is 28.3 Å². The summed E-state index contributed by atoms with van der Waals surface area (Å²) in [6.07, 6.45) is 0. The van der Waals surface area contributed by atoms with E-state index >= 15 is 0 Å². The van der Waals surface area contributed by atoms with Crippen molar-refractivity contribution in [1.29, 1.82) is 0 Å². The molecular weight excluding hydrogens is 318 g/mol. The average Bonchev–Trinajstić information content (AvgIpc) is 2.89. The number of hydrogen-bond acceptors (Lipinski definition) is 4. The van der Waals surface area contributed by atoms with Gasteiger partial charge in [0.15, 0.2) is 0 Å². The van der Waals surface area contributed by atoms with E-state index in [1.54, 1.807) is 50.6 Å². The molecule has 5 nitrogen and oxygen atoms in total. The molecule has 0 unspecified atom stereocenters. The summed E-state index contributed by atoms with van der Waals surface area (Å²) in [5.74, 6) is 0.570. The molecule has 0 aromatic heterocycles. The van der Waals surface area contributed by atoms with E-state index in [1.807, 2.05) is 18.2 Å². The van der Waals surface area contributed by atoms with Crippen molar-refractivity contribution in [3.8, 4) is 11.5 Å². The Morgan fingerprint density at radius 1 is 0.800 bits per heavy atom. The lowest BCUT2D eigenvalue weighted by molar-refractivity contribution is 0.0926. The highest BCUT2D eigenvalue weighted by Gasteiger charge is 2.37. The molecule has 0 atom stereocenters. The highest BCUT2D eigenvalue weighted by Crippen LogP contribution is 2.35. The molecule has 1 aliphatic heterocycles. The molecule has 5 heteroatoms. The molecule has 4 rings (SSSR count). The van der Waals surface area contributed by atoms with Crippen LogP contribution in [0.25, 0.3) is 10.8 Å². The number of fused-ring (bicyclic) bond motifs is 2. The van der Waals surface area contributed by atoms with E-state index in [4.69, 9.17) is 9.47 Å². The zero-order valence-electron chi connectivity index (χ0n) is 13.8. The van der Waals surface area contributed by atoms with E-state index in [0.29, 0.717) is 28.3 Å². The quantitative estimate of drug-likeness (QED) is 0.687. The van der Waals surface area contributed by atoms with E-state index < -0.39 is 0 Å². The minimum Gasteiger partial charge on any atom is -0.497 e. The molecule has 0 bridgehead atoms. The standard InChI is InChI=1S/C20H15NO4/c1-24-14-7-4-6-13(10-14)21-19(22)16-9-12-5-3-8-18(25-2)15(12)11-17(16)20(21)23/h3-11H,1-2H3. The van der Waals surface area contributed by atoms with Crippen molar-refractivity contribution in [2.24, 2.45) is 0 Å². The minimum absolute atomic E-state index is 0.335. The second-order valence-corrected chi connectivity index (χ2v) is 5.73. The van der Waals surface area contributed by atoms with Crippen LogP contribution >= 0.6 is 0 Å². The highest BCUT2D eigenvalue weighted by molar-refractivity contribution is 6.35. The Kier molecular flexibility index (Phi) is 3.42. The number of ether oxygens (including phenoxy) is 2. The van der Waals surface area contributed by atoms with Crippen LogP contribution in [0.15, 0.2) is 54.6 Å². The van der Waals surface area contributed by atoms with Gasteiger partial charge in [0.25, 0.3) is 11.8 Å². The number of methoxy groups -OCH3 is 2. The predicted octanol–water partition coefficient (Wildman–Crippen LogP) is 3.66. The molecule has 25 heavy (non-hydrogen) atoms. The molecule has 2 amide bonds. The van der Waals surface area contributed by atoms with E-state index in [-0.39, 0.29) is 11.8 Å². The predicted molar refractivity (Wildman–Crippen MR) is 94.6 cm³/mol. The van der Waals surface area contributed by atoms with Gasteiger partial charge in [-0.3, -0.25) is 9.59 Å². The average molecular weight is 333 g/mol. The van der Waals surface area contributed by atoms with E-state index in [2.05, 4.69) is 0 Å². The SMILES string of the molecule is COc1cccc(N2C(=O)c3cc4cccc(OC)c4cc3C2=O)c1. The van der Waals surface area contributed by atoms with Crippen LogP contribution in [-0.4, -0.2) is 26.0 Å². The van der Waals surface area contributed by atoms with Gasteiger partial charge < -0.3 is 9.47 Å². The summed E-state index contributed by atoms with van der Waals surface area (Å²) in [6, 6.07) is 15.9. The van der Waals surface area contributed by atoms with Crippen LogP contribution in [0, 0.1) is 0 Å². The lowest BCUT2D eigenvalue weighted by atomic mass is 10.0. The summed E-state index contributed by atoms with van der Waals surface area (Å²) in [6.45, 7) is 0. The molecule has 0 fully saturated rings. The molecule has 3 aromatic carbocycles. The summed E-state index contributed by atoms with van der Waals surface area (Å²) in [5, 5.41) is 1.66. The van der Waals surface area contributed by atoms with Crippen molar-refractivity contribution in [2.45, 2.75) is 0 Å². The number of amides is 2. The zero-order valence-corrected chi connectivity index (χ0v) is 13.8. The largest absolute Gasteiger partial charge is 0.497 e. The van der Waals surface area contributed by atoms with Crippen LogP contribution in [0.2, 0.25) is 0 Å². The first-order valence-corrected chi connectivity index (χ1v) is 7.77. The Balaban J connectivity index is 1.88. The van der Waals surface area contributed by atoms with Crippen molar-refractivity contribution in [1.82, 2.24) is 0 Å². The third-order valence-corrected chi connectivity index (χ3v) is 4.38. The van der Waals surface area contributed by atoms with Gasteiger partial charge in [0.1, 0.15) is 11.5 Å². The number of carbonyl (C=O) groups excluding carboxylic acids is 2. The van der Waals surface area contributed by atoms with E-state index in [0.717, 1.165) is 10.8 Å². The second kappa shape index (κ2) is 5.63. The maximum absolute atomic E-state index is 12.9. The molecule has 0 radical (unpaired) electrons. The maximum Gasteiger partial charge on any atom is 0.266 e. The smallest absolute Gasteiger partial charge is 0.266 e. The Labute approximate surface area is 144 Å². The molecule has 3 aromatic rings. The molecule has 1 heterocycles. The number of nitrogens with zero attached hydrogens (tertiary/aromatic N) is 1. The molecular formula is C20H15NO4. The lowest BCUT2D eigenvalue weighted by Gasteiger charge is -2.14. The van der Waals surface area contributed by atoms with Gasteiger partial charge in [-0.15, -0.1) is 0 Å². The van der Waals surface area contributed by atoms with Crippen LogP contribution in [0.3, 0.4) is 0 Å². The number of carbonyl (C=O) groups is 2. The molecule has 0 saturated carbocycles. The van der Waals surface area contributed by atoms with Gasteiger partial charge in [-0.05, 0) is 35.7 Å².